The fourth-order valence-electron chi connectivity index (χ4n) is 3.18. The lowest BCUT2D eigenvalue weighted by Gasteiger charge is -2.38. The number of nitrogens with zero attached hydrogens (tertiary/aromatic N) is 2. The van der Waals surface area contributed by atoms with Gasteiger partial charge in [-0.25, -0.2) is 4.79 Å². The summed E-state index contributed by atoms with van der Waals surface area (Å²) in [5.74, 6) is -1.20. The summed E-state index contributed by atoms with van der Waals surface area (Å²) in [6, 6.07) is 2.82. The number of rotatable bonds is 9. The molecule has 0 bridgehead atoms. The summed E-state index contributed by atoms with van der Waals surface area (Å²) in [5.41, 5.74) is -2.01. The van der Waals surface area contributed by atoms with Crippen molar-refractivity contribution in [3.05, 3.63) is 28.3 Å². The smallest absolute Gasteiger partial charge is 0.407 e. The Morgan fingerprint density at radius 3 is 2.26 bits per heavy atom. The number of nitro groups is 1. The summed E-state index contributed by atoms with van der Waals surface area (Å²) in [5, 5.41) is 26.0. The Morgan fingerprint density at radius 1 is 1.18 bits per heavy atom. The van der Waals surface area contributed by atoms with E-state index in [2.05, 4.69) is 10.6 Å². The second-order valence-electron chi connectivity index (χ2n) is 9.57. The molecule has 1 rings (SSSR count). The largest absolute Gasteiger partial charge is 0.496 e. The second kappa shape index (κ2) is 11.6. The Morgan fingerprint density at radius 2 is 1.79 bits per heavy atom. The number of carbonyl (C=O) groups excluding carboxylic acids is 3. The molecule has 3 N–H and O–H groups in total. The molecular weight excluding hydrogens is 448 g/mol. The molecule has 1 unspecified atom stereocenters. The molecule has 1 atom stereocenters. The summed E-state index contributed by atoms with van der Waals surface area (Å²) in [6.45, 7) is 9.19. The van der Waals surface area contributed by atoms with Crippen molar-refractivity contribution in [1.29, 1.82) is 0 Å². The van der Waals surface area contributed by atoms with E-state index in [0.717, 1.165) is 4.90 Å². The van der Waals surface area contributed by atoms with E-state index in [-0.39, 0.29) is 30.2 Å². The number of aliphatic hydroxyl groups excluding tert-OH is 1. The Labute approximate surface area is 198 Å². The van der Waals surface area contributed by atoms with Crippen molar-refractivity contribution < 1.29 is 33.9 Å². The summed E-state index contributed by atoms with van der Waals surface area (Å²) in [6.07, 6.45) is -0.700. The Bertz CT molecular complexity index is 905. The van der Waals surface area contributed by atoms with Gasteiger partial charge in [-0.2, -0.15) is 0 Å². The second-order valence-corrected chi connectivity index (χ2v) is 9.57. The minimum absolute atomic E-state index is 0.0524. The van der Waals surface area contributed by atoms with Crippen LogP contribution in [0.2, 0.25) is 0 Å². The summed E-state index contributed by atoms with van der Waals surface area (Å²) >= 11 is 0. The molecule has 0 spiro atoms. The van der Waals surface area contributed by atoms with Crippen LogP contribution in [0.25, 0.3) is 0 Å². The number of anilines is 1. The van der Waals surface area contributed by atoms with Crippen LogP contribution >= 0.6 is 0 Å². The molecule has 0 saturated carbocycles. The molecule has 1 aromatic carbocycles. The number of methoxy groups -OCH3 is 1. The van der Waals surface area contributed by atoms with Gasteiger partial charge in [-0.3, -0.25) is 19.7 Å². The monoisotopic (exact) mass is 482 g/mol. The summed E-state index contributed by atoms with van der Waals surface area (Å²) < 4.78 is 10.2. The molecule has 34 heavy (non-hydrogen) atoms. The standard InChI is InChI=1S/C22H34N4O8/c1-21(2,3)18(19(29)24-15-9-8-14(33-7)12-16(15)26(31)32)25(17(28)13-27)11-10-23-20(30)34-22(4,5)6/h8-9,12,18,27H,10-11,13H2,1-7H3,(H,23,30)(H,24,29). The average molecular weight is 483 g/mol. The van der Waals surface area contributed by atoms with Crippen LogP contribution in [0.3, 0.4) is 0 Å². The van der Waals surface area contributed by atoms with Gasteiger partial charge in [0.05, 0.1) is 18.1 Å². The van der Waals surface area contributed by atoms with Crippen molar-refractivity contribution in [1.82, 2.24) is 10.2 Å². The molecule has 0 saturated heterocycles. The van der Waals surface area contributed by atoms with Gasteiger partial charge in [0.25, 0.3) is 5.69 Å². The van der Waals surface area contributed by atoms with Gasteiger partial charge in [0.15, 0.2) is 0 Å². The maximum atomic E-state index is 13.3. The van der Waals surface area contributed by atoms with E-state index in [4.69, 9.17) is 9.47 Å². The Hall–Kier alpha value is -3.41. The molecule has 0 aliphatic carbocycles. The van der Waals surface area contributed by atoms with Crippen molar-refractivity contribution in [3.63, 3.8) is 0 Å². The maximum absolute atomic E-state index is 13.3. The van der Waals surface area contributed by atoms with Gasteiger partial charge in [-0.1, -0.05) is 20.8 Å². The normalized spacial score (nSPS) is 12.4. The molecule has 0 fully saturated rings. The maximum Gasteiger partial charge on any atom is 0.407 e. The first-order valence-electron chi connectivity index (χ1n) is 10.6. The molecule has 0 radical (unpaired) electrons. The van der Waals surface area contributed by atoms with Crippen LogP contribution in [-0.4, -0.2) is 71.3 Å². The van der Waals surface area contributed by atoms with Crippen LogP contribution in [0.4, 0.5) is 16.2 Å². The number of carbonyl (C=O) groups is 3. The van der Waals surface area contributed by atoms with Crippen LogP contribution in [-0.2, 0) is 14.3 Å². The van der Waals surface area contributed by atoms with E-state index >= 15 is 0 Å². The first-order valence-corrected chi connectivity index (χ1v) is 10.6. The van der Waals surface area contributed by atoms with Crippen LogP contribution in [0.5, 0.6) is 5.75 Å². The number of hydrogen-bond acceptors (Lipinski definition) is 8. The molecule has 12 heteroatoms. The first kappa shape index (κ1) is 28.6. The number of nitro benzene ring substituents is 1. The third-order valence-corrected chi connectivity index (χ3v) is 4.52. The summed E-state index contributed by atoms with van der Waals surface area (Å²) in [7, 11) is 1.36. The highest BCUT2D eigenvalue weighted by Gasteiger charge is 2.39. The Kier molecular flexibility index (Phi) is 9.80. The van der Waals surface area contributed by atoms with E-state index in [1.165, 1.54) is 25.3 Å². The molecule has 0 heterocycles. The lowest BCUT2D eigenvalue weighted by atomic mass is 9.84. The highest BCUT2D eigenvalue weighted by atomic mass is 16.6. The number of aliphatic hydroxyl groups is 1. The summed E-state index contributed by atoms with van der Waals surface area (Å²) in [4.78, 5) is 49.7. The lowest BCUT2D eigenvalue weighted by Crippen LogP contribution is -2.56. The topological polar surface area (TPSA) is 160 Å². The van der Waals surface area contributed by atoms with E-state index < -0.39 is 46.5 Å². The van der Waals surface area contributed by atoms with Gasteiger partial charge in [0.2, 0.25) is 11.8 Å². The van der Waals surface area contributed by atoms with E-state index in [9.17, 15) is 29.6 Å². The number of benzene rings is 1. The number of ether oxygens (including phenoxy) is 2. The molecule has 0 aromatic heterocycles. The molecule has 12 nitrogen and oxygen atoms in total. The predicted molar refractivity (Wildman–Crippen MR) is 125 cm³/mol. The minimum atomic E-state index is -1.13. The van der Waals surface area contributed by atoms with Gasteiger partial charge in [0, 0.05) is 13.1 Å². The highest BCUT2D eigenvalue weighted by molar-refractivity contribution is 5.99. The molecule has 3 amide bonds. The van der Waals surface area contributed by atoms with Crippen LogP contribution in [0.15, 0.2) is 18.2 Å². The zero-order chi connectivity index (χ0) is 26.3. The van der Waals surface area contributed by atoms with E-state index in [0.29, 0.717) is 0 Å². The quantitative estimate of drug-likeness (QED) is 0.357. The van der Waals surface area contributed by atoms with Gasteiger partial charge in [0.1, 0.15) is 29.7 Å². The zero-order valence-corrected chi connectivity index (χ0v) is 20.6. The number of nitrogens with one attached hydrogen (secondary N) is 2. The van der Waals surface area contributed by atoms with Crippen molar-refractivity contribution >= 4 is 29.3 Å². The van der Waals surface area contributed by atoms with Crippen molar-refractivity contribution in [2.75, 3.05) is 32.1 Å². The molecule has 0 aliphatic rings. The van der Waals surface area contributed by atoms with Crippen LogP contribution in [0.1, 0.15) is 41.5 Å². The number of hydrogen-bond donors (Lipinski definition) is 3. The molecule has 0 aliphatic heterocycles. The third kappa shape index (κ3) is 8.50. The van der Waals surface area contributed by atoms with Gasteiger partial charge in [-0.05, 0) is 38.3 Å². The van der Waals surface area contributed by atoms with E-state index in [1.807, 2.05) is 0 Å². The van der Waals surface area contributed by atoms with Crippen molar-refractivity contribution in [2.45, 2.75) is 53.2 Å². The average Bonchev–Trinajstić information content (AvgIpc) is 2.70. The third-order valence-electron chi connectivity index (χ3n) is 4.52. The Balaban J connectivity index is 3.18. The van der Waals surface area contributed by atoms with Crippen LogP contribution in [0, 0.1) is 15.5 Å². The zero-order valence-electron chi connectivity index (χ0n) is 20.6. The fourth-order valence-corrected chi connectivity index (χ4v) is 3.18. The van der Waals surface area contributed by atoms with Crippen molar-refractivity contribution in [2.24, 2.45) is 5.41 Å². The number of alkyl carbamates (subject to hydrolysis) is 1. The molecule has 1 aromatic rings. The van der Waals surface area contributed by atoms with Gasteiger partial charge in [-0.15, -0.1) is 0 Å². The van der Waals surface area contributed by atoms with E-state index in [1.54, 1.807) is 41.5 Å². The number of amides is 3. The van der Waals surface area contributed by atoms with Gasteiger partial charge >= 0.3 is 6.09 Å². The SMILES string of the molecule is COc1ccc(NC(=O)C(N(CCNC(=O)OC(C)(C)C)C(=O)CO)C(C)(C)C)c([N+](=O)[O-])c1. The predicted octanol–water partition coefficient (Wildman–Crippen LogP) is 2.30. The molecular formula is C22H34N4O8. The fraction of sp³-hybridized carbons (Fsp3) is 0.591. The first-order chi connectivity index (χ1) is 15.6. The minimum Gasteiger partial charge on any atom is -0.496 e. The van der Waals surface area contributed by atoms with Crippen molar-refractivity contribution in [3.8, 4) is 5.75 Å². The van der Waals surface area contributed by atoms with Crippen LogP contribution < -0.4 is 15.4 Å². The highest BCUT2D eigenvalue weighted by Crippen LogP contribution is 2.31. The lowest BCUT2D eigenvalue weighted by molar-refractivity contribution is -0.384. The molecule has 190 valence electrons. The van der Waals surface area contributed by atoms with Gasteiger partial charge < -0.3 is 30.1 Å².